The van der Waals surface area contributed by atoms with E-state index in [0.29, 0.717) is 23.3 Å². The number of methoxy groups -OCH3 is 1. The standard InChI is InChI=1S/C13H15N3O3/c1-18-10-5-8(11-6-14-2-3-19-11)4-9-12(10)13(17)16-7-15-9/h4-5,7,11,14H,2-3,6H2,1H3,(H,15,16,17). The highest BCUT2D eigenvalue weighted by Gasteiger charge is 2.19. The van der Waals surface area contributed by atoms with Crippen LogP contribution in [0, 0.1) is 0 Å². The fourth-order valence-electron chi connectivity index (χ4n) is 2.31. The lowest BCUT2D eigenvalue weighted by molar-refractivity contribution is 0.0276. The molecule has 0 amide bonds. The first kappa shape index (κ1) is 12.1. The highest BCUT2D eigenvalue weighted by Crippen LogP contribution is 2.28. The van der Waals surface area contributed by atoms with Gasteiger partial charge in [0.25, 0.3) is 5.56 Å². The third-order valence-corrected chi connectivity index (χ3v) is 3.25. The fraction of sp³-hybridized carbons (Fsp3) is 0.385. The van der Waals surface area contributed by atoms with E-state index in [1.165, 1.54) is 6.33 Å². The van der Waals surface area contributed by atoms with E-state index in [2.05, 4.69) is 15.3 Å². The third kappa shape index (κ3) is 2.20. The Hall–Kier alpha value is -1.92. The molecule has 6 heteroatoms. The molecule has 2 heterocycles. The molecule has 19 heavy (non-hydrogen) atoms. The van der Waals surface area contributed by atoms with E-state index in [1.807, 2.05) is 12.1 Å². The number of ether oxygens (including phenoxy) is 2. The lowest BCUT2D eigenvalue weighted by Crippen LogP contribution is -2.33. The molecular formula is C13H15N3O3. The average Bonchev–Trinajstić information content (AvgIpc) is 2.47. The summed E-state index contributed by atoms with van der Waals surface area (Å²) in [7, 11) is 1.55. The first-order chi connectivity index (χ1) is 9.29. The number of nitrogens with one attached hydrogen (secondary N) is 2. The van der Waals surface area contributed by atoms with Crippen molar-refractivity contribution in [2.75, 3.05) is 26.8 Å². The number of hydrogen-bond acceptors (Lipinski definition) is 5. The summed E-state index contributed by atoms with van der Waals surface area (Å²) in [4.78, 5) is 18.6. The number of rotatable bonds is 2. The highest BCUT2D eigenvalue weighted by atomic mass is 16.5. The number of benzene rings is 1. The number of morpholine rings is 1. The van der Waals surface area contributed by atoms with Crippen molar-refractivity contribution in [2.24, 2.45) is 0 Å². The average molecular weight is 261 g/mol. The van der Waals surface area contributed by atoms with Gasteiger partial charge in [0.05, 0.1) is 31.7 Å². The molecule has 2 aromatic rings. The van der Waals surface area contributed by atoms with Gasteiger partial charge in [-0.2, -0.15) is 0 Å². The van der Waals surface area contributed by atoms with E-state index in [0.717, 1.165) is 18.7 Å². The zero-order chi connectivity index (χ0) is 13.2. The lowest BCUT2D eigenvalue weighted by Gasteiger charge is -2.24. The van der Waals surface area contributed by atoms with E-state index >= 15 is 0 Å². The smallest absolute Gasteiger partial charge is 0.262 e. The van der Waals surface area contributed by atoms with Crippen molar-refractivity contribution in [1.29, 1.82) is 0 Å². The largest absolute Gasteiger partial charge is 0.496 e. The van der Waals surface area contributed by atoms with Crippen molar-refractivity contribution in [2.45, 2.75) is 6.10 Å². The second-order valence-electron chi connectivity index (χ2n) is 4.41. The second kappa shape index (κ2) is 4.99. The van der Waals surface area contributed by atoms with E-state index in [9.17, 15) is 4.79 Å². The SMILES string of the molecule is COc1cc(C2CNCCO2)cc2nc[nH]c(=O)c12. The van der Waals surface area contributed by atoms with Gasteiger partial charge in [0.1, 0.15) is 11.1 Å². The zero-order valence-electron chi connectivity index (χ0n) is 10.6. The van der Waals surface area contributed by atoms with Gasteiger partial charge in [-0.3, -0.25) is 4.79 Å². The summed E-state index contributed by atoms with van der Waals surface area (Å²) in [5.41, 5.74) is 1.39. The van der Waals surface area contributed by atoms with Crippen molar-refractivity contribution in [1.82, 2.24) is 15.3 Å². The summed E-state index contributed by atoms with van der Waals surface area (Å²) in [5, 5.41) is 3.75. The van der Waals surface area contributed by atoms with Gasteiger partial charge >= 0.3 is 0 Å². The molecule has 2 N–H and O–H groups in total. The van der Waals surface area contributed by atoms with Crippen molar-refractivity contribution < 1.29 is 9.47 Å². The molecule has 1 saturated heterocycles. The summed E-state index contributed by atoms with van der Waals surface area (Å²) in [5.74, 6) is 0.524. The van der Waals surface area contributed by atoms with Crippen molar-refractivity contribution in [3.05, 3.63) is 34.4 Å². The number of hydrogen-bond donors (Lipinski definition) is 2. The molecule has 100 valence electrons. The fourth-order valence-corrected chi connectivity index (χ4v) is 2.31. The monoisotopic (exact) mass is 261 g/mol. The maximum absolute atomic E-state index is 11.8. The minimum atomic E-state index is -0.198. The predicted octanol–water partition coefficient (Wildman–Crippen LogP) is 0.593. The Morgan fingerprint density at radius 3 is 3.11 bits per heavy atom. The second-order valence-corrected chi connectivity index (χ2v) is 4.41. The van der Waals surface area contributed by atoms with Gasteiger partial charge < -0.3 is 19.8 Å². The Kier molecular flexibility index (Phi) is 3.18. The summed E-state index contributed by atoms with van der Waals surface area (Å²) < 4.78 is 11.0. The Bertz CT molecular complexity index is 647. The van der Waals surface area contributed by atoms with Crippen LogP contribution in [0.5, 0.6) is 5.75 Å². The molecule has 6 nitrogen and oxygen atoms in total. The number of fused-ring (bicyclic) bond motifs is 1. The Morgan fingerprint density at radius 2 is 2.37 bits per heavy atom. The van der Waals surface area contributed by atoms with E-state index in [-0.39, 0.29) is 11.7 Å². The summed E-state index contributed by atoms with van der Waals surface area (Å²) in [6.45, 7) is 2.28. The Labute approximate surface area is 109 Å². The minimum Gasteiger partial charge on any atom is -0.496 e. The molecule has 0 spiro atoms. The van der Waals surface area contributed by atoms with Crippen LogP contribution in [0.2, 0.25) is 0 Å². The van der Waals surface area contributed by atoms with Crippen LogP contribution in [-0.4, -0.2) is 36.8 Å². The van der Waals surface area contributed by atoms with Gasteiger partial charge in [-0.25, -0.2) is 4.98 Å². The third-order valence-electron chi connectivity index (χ3n) is 3.25. The highest BCUT2D eigenvalue weighted by molar-refractivity contribution is 5.84. The van der Waals surface area contributed by atoms with E-state index in [4.69, 9.17) is 9.47 Å². The number of nitrogens with zero attached hydrogens (tertiary/aromatic N) is 1. The van der Waals surface area contributed by atoms with Crippen LogP contribution in [0.15, 0.2) is 23.3 Å². The molecule has 1 atom stereocenters. The van der Waals surface area contributed by atoms with Crippen LogP contribution < -0.4 is 15.6 Å². The van der Waals surface area contributed by atoms with Gasteiger partial charge in [0, 0.05) is 13.1 Å². The van der Waals surface area contributed by atoms with Crippen LogP contribution in [-0.2, 0) is 4.74 Å². The maximum Gasteiger partial charge on any atom is 0.262 e. The molecule has 1 aromatic heterocycles. The van der Waals surface area contributed by atoms with Crippen molar-refractivity contribution >= 4 is 10.9 Å². The van der Waals surface area contributed by atoms with Gasteiger partial charge in [0.15, 0.2) is 0 Å². The van der Waals surface area contributed by atoms with Crippen LogP contribution in [0.4, 0.5) is 0 Å². The molecular weight excluding hydrogens is 246 g/mol. The molecule has 0 bridgehead atoms. The normalized spacial score (nSPS) is 19.5. The van der Waals surface area contributed by atoms with Gasteiger partial charge in [-0.15, -0.1) is 0 Å². The van der Waals surface area contributed by atoms with Gasteiger partial charge in [0.2, 0.25) is 0 Å². The van der Waals surface area contributed by atoms with Gasteiger partial charge in [-0.05, 0) is 17.7 Å². The molecule has 3 rings (SSSR count). The Morgan fingerprint density at radius 1 is 1.47 bits per heavy atom. The lowest BCUT2D eigenvalue weighted by atomic mass is 10.1. The zero-order valence-corrected chi connectivity index (χ0v) is 10.6. The summed E-state index contributed by atoms with van der Waals surface area (Å²) in [6, 6.07) is 3.72. The molecule has 1 aromatic carbocycles. The molecule has 1 aliphatic heterocycles. The van der Waals surface area contributed by atoms with Crippen LogP contribution >= 0.6 is 0 Å². The molecule has 0 saturated carbocycles. The first-order valence-electron chi connectivity index (χ1n) is 6.17. The van der Waals surface area contributed by atoms with Crippen LogP contribution in [0.1, 0.15) is 11.7 Å². The van der Waals surface area contributed by atoms with Crippen molar-refractivity contribution in [3.8, 4) is 5.75 Å². The summed E-state index contributed by atoms with van der Waals surface area (Å²) in [6.07, 6.45) is 1.36. The van der Waals surface area contributed by atoms with Crippen LogP contribution in [0.25, 0.3) is 10.9 Å². The predicted molar refractivity (Wildman–Crippen MR) is 70.5 cm³/mol. The molecule has 1 aliphatic rings. The number of aromatic nitrogens is 2. The minimum absolute atomic E-state index is 0.0341. The topological polar surface area (TPSA) is 76.2 Å². The quantitative estimate of drug-likeness (QED) is 0.827. The Balaban J connectivity index is 2.14. The summed E-state index contributed by atoms with van der Waals surface area (Å²) >= 11 is 0. The van der Waals surface area contributed by atoms with Crippen molar-refractivity contribution in [3.63, 3.8) is 0 Å². The van der Waals surface area contributed by atoms with Gasteiger partial charge in [-0.1, -0.05) is 0 Å². The molecule has 0 aliphatic carbocycles. The molecule has 1 fully saturated rings. The van der Waals surface area contributed by atoms with Crippen LogP contribution in [0.3, 0.4) is 0 Å². The molecule has 1 unspecified atom stereocenters. The van der Waals surface area contributed by atoms with E-state index in [1.54, 1.807) is 7.11 Å². The number of aromatic amines is 1. The maximum atomic E-state index is 11.8. The molecule has 0 radical (unpaired) electrons. The first-order valence-corrected chi connectivity index (χ1v) is 6.17. The van der Waals surface area contributed by atoms with E-state index < -0.39 is 0 Å². The number of H-pyrrole nitrogens is 1.